The predicted octanol–water partition coefficient (Wildman–Crippen LogP) is 1.24. The van der Waals surface area contributed by atoms with Gasteiger partial charge in [-0.05, 0) is 18.6 Å². The predicted molar refractivity (Wildman–Crippen MR) is 65.3 cm³/mol. The Morgan fingerprint density at radius 1 is 1.24 bits per heavy atom. The van der Waals surface area contributed by atoms with E-state index in [4.69, 9.17) is 9.47 Å². The average Bonchev–Trinajstić information content (AvgIpc) is 2.68. The molecule has 0 amide bonds. The van der Waals surface area contributed by atoms with E-state index in [-0.39, 0.29) is 5.75 Å². The van der Waals surface area contributed by atoms with Gasteiger partial charge in [0.25, 0.3) is 0 Å². The van der Waals surface area contributed by atoms with Crippen LogP contribution in [0.15, 0.2) is 18.2 Å². The summed E-state index contributed by atoms with van der Waals surface area (Å²) in [5, 5.41) is 0. The summed E-state index contributed by atoms with van der Waals surface area (Å²) in [6, 6.07) is 5.13. The molecule has 6 heteroatoms. The van der Waals surface area contributed by atoms with Gasteiger partial charge in [-0.2, -0.15) is 0 Å². The lowest BCUT2D eigenvalue weighted by atomic mass is 10.2. The Balaban J connectivity index is 2.49. The third kappa shape index (κ3) is 2.17. The molecule has 1 aromatic rings. The first-order chi connectivity index (χ1) is 8.08. The highest BCUT2D eigenvalue weighted by atomic mass is 32.2. The van der Waals surface area contributed by atoms with E-state index in [1.54, 1.807) is 25.3 Å². The van der Waals surface area contributed by atoms with Crippen molar-refractivity contribution in [2.24, 2.45) is 0 Å². The molecule has 0 radical (unpaired) electrons. The molecule has 1 heterocycles. The van der Waals surface area contributed by atoms with Crippen molar-refractivity contribution in [2.75, 3.05) is 30.8 Å². The minimum absolute atomic E-state index is 0.188. The van der Waals surface area contributed by atoms with Crippen LogP contribution >= 0.6 is 0 Å². The van der Waals surface area contributed by atoms with Crippen molar-refractivity contribution in [3.63, 3.8) is 0 Å². The first kappa shape index (κ1) is 12.0. The van der Waals surface area contributed by atoms with Gasteiger partial charge in [-0.1, -0.05) is 0 Å². The molecule has 0 atom stereocenters. The molecular weight excluding hydrogens is 242 g/mol. The third-order valence-electron chi connectivity index (χ3n) is 2.75. The Morgan fingerprint density at radius 3 is 2.53 bits per heavy atom. The minimum Gasteiger partial charge on any atom is -0.497 e. The molecule has 0 aliphatic carbocycles. The fourth-order valence-electron chi connectivity index (χ4n) is 1.90. The zero-order valence-corrected chi connectivity index (χ0v) is 10.7. The van der Waals surface area contributed by atoms with Crippen LogP contribution in [-0.2, 0) is 10.0 Å². The molecule has 0 bridgehead atoms. The number of anilines is 1. The number of ether oxygens (including phenoxy) is 2. The van der Waals surface area contributed by atoms with Gasteiger partial charge >= 0.3 is 0 Å². The van der Waals surface area contributed by atoms with E-state index >= 15 is 0 Å². The molecule has 2 rings (SSSR count). The number of rotatable bonds is 3. The Hall–Kier alpha value is -1.43. The third-order valence-corrected chi connectivity index (χ3v) is 4.61. The summed E-state index contributed by atoms with van der Waals surface area (Å²) < 4.78 is 35.4. The lowest BCUT2D eigenvalue weighted by molar-refractivity contribution is 0.404. The monoisotopic (exact) mass is 257 g/mol. The fraction of sp³-hybridized carbons (Fsp3) is 0.455. The fourth-order valence-corrected chi connectivity index (χ4v) is 3.47. The van der Waals surface area contributed by atoms with E-state index in [0.29, 0.717) is 30.2 Å². The maximum Gasteiger partial charge on any atom is 0.235 e. The Bertz CT molecular complexity index is 512. The molecule has 0 saturated carbocycles. The van der Waals surface area contributed by atoms with E-state index in [9.17, 15) is 8.42 Å². The Morgan fingerprint density at radius 2 is 2.00 bits per heavy atom. The summed E-state index contributed by atoms with van der Waals surface area (Å²) in [6.07, 6.45) is 0.642. The van der Waals surface area contributed by atoms with Crippen LogP contribution in [0.2, 0.25) is 0 Å². The van der Waals surface area contributed by atoms with Crippen molar-refractivity contribution in [3.8, 4) is 11.5 Å². The van der Waals surface area contributed by atoms with Crippen LogP contribution in [0.4, 0.5) is 5.69 Å². The van der Waals surface area contributed by atoms with Crippen LogP contribution in [-0.4, -0.2) is 34.9 Å². The number of sulfonamides is 1. The van der Waals surface area contributed by atoms with Crippen LogP contribution in [0.5, 0.6) is 11.5 Å². The summed E-state index contributed by atoms with van der Waals surface area (Å²) in [7, 11) is -0.132. The summed E-state index contributed by atoms with van der Waals surface area (Å²) >= 11 is 0. The van der Waals surface area contributed by atoms with Gasteiger partial charge in [0.2, 0.25) is 10.0 Å². The summed E-state index contributed by atoms with van der Waals surface area (Å²) in [6.45, 7) is 0.492. The maximum absolute atomic E-state index is 11.9. The van der Waals surface area contributed by atoms with Crippen molar-refractivity contribution < 1.29 is 17.9 Å². The second kappa shape index (κ2) is 4.44. The van der Waals surface area contributed by atoms with Gasteiger partial charge < -0.3 is 9.47 Å². The van der Waals surface area contributed by atoms with Crippen LogP contribution in [0, 0.1) is 0 Å². The standard InChI is InChI=1S/C11H15NO4S/c1-15-9-4-5-11(16-2)10(8-9)12-6-3-7-17(12,13)14/h4-5,8H,3,6-7H2,1-2H3. The van der Waals surface area contributed by atoms with Gasteiger partial charge in [-0.15, -0.1) is 0 Å². The van der Waals surface area contributed by atoms with Crippen LogP contribution in [0.25, 0.3) is 0 Å². The number of benzene rings is 1. The van der Waals surface area contributed by atoms with Crippen molar-refractivity contribution in [1.82, 2.24) is 0 Å². The van der Waals surface area contributed by atoms with Crippen LogP contribution < -0.4 is 13.8 Å². The summed E-state index contributed by atoms with van der Waals surface area (Å²) in [5.41, 5.74) is 0.546. The van der Waals surface area contributed by atoms with E-state index in [0.717, 1.165) is 0 Å². The van der Waals surface area contributed by atoms with E-state index < -0.39 is 10.0 Å². The molecular formula is C11H15NO4S. The van der Waals surface area contributed by atoms with E-state index in [2.05, 4.69) is 0 Å². The molecule has 17 heavy (non-hydrogen) atoms. The quantitative estimate of drug-likeness (QED) is 0.817. The summed E-state index contributed by atoms with van der Waals surface area (Å²) in [4.78, 5) is 0. The molecule has 0 aromatic heterocycles. The number of hydrogen-bond donors (Lipinski definition) is 0. The second-order valence-corrected chi connectivity index (χ2v) is 5.79. The van der Waals surface area contributed by atoms with Crippen molar-refractivity contribution >= 4 is 15.7 Å². The SMILES string of the molecule is COc1ccc(OC)c(N2CCCS2(=O)=O)c1. The highest BCUT2D eigenvalue weighted by Gasteiger charge is 2.30. The van der Waals surface area contributed by atoms with E-state index in [1.165, 1.54) is 11.4 Å². The molecule has 1 saturated heterocycles. The molecule has 0 spiro atoms. The molecule has 5 nitrogen and oxygen atoms in total. The number of hydrogen-bond acceptors (Lipinski definition) is 4. The lowest BCUT2D eigenvalue weighted by Gasteiger charge is -2.20. The van der Waals surface area contributed by atoms with Gasteiger partial charge in [0.15, 0.2) is 0 Å². The highest BCUT2D eigenvalue weighted by Crippen LogP contribution is 2.35. The van der Waals surface area contributed by atoms with Gasteiger partial charge in [-0.25, -0.2) is 8.42 Å². The van der Waals surface area contributed by atoms with E-state index in [1.807, 2.05) is 0 Å². The molecule has 0 unspecified atom stereocenters. The minimum atomic E-state index is -3.20. The molecule has 1 aromatic carbocycles. The molecule has 1 aliphatic heterocycles. The van der Waals surface area contributed by atoms with Crippen LogP contribution in [0.1, 0.15) is 6.42 Å². The summed E-state index contributed by atoms with van der Waals surface area (Å²) in [5.74, 6) is 1.34. The smallest absolute Gasteiger partial charge is 0.235 e. The topological polar surface area (TPSA) is 55.8 Å². The molecule has 0 N–H and O–H groups in total. The number of nitrogens with zero attached hydrogens (tertiary/aromatic N) is 1. The zero-order chi connectivity index (χ0) is 12.5. The molecule has 94 valence electrons. The number of methoxy groups -OCH3 is 2. The van der Waals surface area contributed by atoms with Crippen molar-refractivity contribution in [3.05, 3.63) is 18.2 Å². The Kier molecular flexibility index (Phi) is 3.15. The molecule has 1 fully saturated rings. The first-order valence-electron chi connectivity index (χ1n) is 5.31. The highest BCUT2D eigenvalue weighted by molar-refractivity contribution is 7.93. The van der Waals surface area contributed by atoms with Gasteiger partial charge in [0.1, 0.15) is 11.5 Å². The molecule has 1 aliphatic rings. The van der Waals surface area contributed by atoms with Crippen molar-refractivity contribution in [1.29, 1.82) is 0 Å². The normalized spacial score (nSPS) is 18.1. The van der Waals surface area contributed by atoms with Gasteiger partial charge in [0, 0.05) is 12.6 Å². The largest absolute Gasteiger partial charge is 0.497 e. The maximum atomic E-state index is 11.9. The zero-order valence-electron chi connectivity index (χ0n) is 9.84. The second-order valence-electron chi connectivity index (χ2n) is 3.78. The lowest BCUT2D eigenvalue weighted by Crippen LogP contribution is -2.25. The average molecular weight is 257 g/mol. The van der Waals surface area contributed by atoms with Gasteiger partial charge in [-0.3, -0.25) is 4.31 Å². The van der Waals surface area contributed by atoms with Gasteiger partial charge in [0.05, 0.1) is 25.7 Å². The van der Waals surface area contributed by atoms with Crippen LogP contribution in [0.3, 0.4) is 0 Å². The first-order valence-corrected chi connectivity index (χ1v) is 6.92. The Labute approximate surface area is 101 Å². The van der Waals surface area contributed by atoms with Crippen molar-refractivity contribution in [2.45, 2.75) is 6.42 Å².